The van der Waals surface area contributed by atoms with Crippen LogP contribution >= 0.6 is 11.6 Å². The lowest BCUT2D eigenvalue weighted by molar-refractivity contribution is -0.384. The Morgan fingerprint density at radius 2 is 2.32 bits per heavy atom. The maximum Gasteiger partial charge on any atom is 0.351 e. The lowest BCUT2D eigenvalue weighted by atomic mass is 10.1. The van der Waals surface area contributed by atoms with E-state index in [4.69, 9.17) is 21.6 Å². The second-order valence-electron chi connectivity index (χ2n) is 4.07. The van der Waals surface area contributed by atoms with Gasteiger partial charge in [0.1, 0.15) is 11.8 Å². The van der Waals surface area contributed by atoms with E-state index in [1.54, 1.807) is 13.0 Å². The van der Waals surface area contributed by atoms with Gasteiger partial charge in [0.2, 0.25) is 0 Å². The SMILES string of the molecule is CCOC(=O)/C(C#N)=C1\Nc2ccc([N+](=O)[O-])cc2N=C1Cl. The number of aliphatic imine (C=N–C) groups is 1. The summed E-state index contributed by atoms with van der Waals surface area (Å²) in [6, 6.07) is 5.64. The van der Waals surface area contributed by atoms with Gasteiger partial charge in [-0.05, 0) is 13.0 Å². The summed E-state index contributed by atoms with van der Waals surface area (Å²) >= 11 is 5.96. The average molecular weight is 321 g/mol. The van der Waals surface area contributed by atoms with E-state index in [1.165, 1.54) is 18.2 Å². The molecule has 0 spiro atoms. The first-order valence-corrected chi connectivity index (χ1v) is 6.47. The van der Waals surface area contributed by atoms with E-state index in [0.717, 1.165) is 0 Å². The van der Waals surface area contributed by atoms with E-state index >= 15 is 0 Å². The van der Waals surface area contributed by atoms with Crippen molar-refractivity contribution in [3.05, 3.63) is 39.6 Å². The van der Waals surface area contributed by atoms with Gasteiger partial charge in [0.05, 0.1) is 22.9 Å². The van der Waals surface area contributed by atoms with E-state index in [-0.39, 0.29) is 34.4 Å². The first kappa shape index (κ1) is 15.5. The summed E-state index contributed by atoms with van der Waals surface area (Å²) < 4.78 is 4.77. The number of benzene rings is 1. The van der Waals surface area contributed by atoms with Crippen molar-refractivity contribution >= 4 is 39.8 Å². The van der Waals surface area contributed by atoms with E-state index < -0.39 is 10.9 Å². The van der Waals surface area contributed by atoms with Gasteiger partial charge >= 0.3 is 5.97 Å². The topological polar surface area (TPSA) is 118 Å². The second kappa shape index (κ2) is 6.24. The van der Waals surface area contributed by atoms with Crippen molar-refractivity contribution in [3.8, 4) is 6.07 Å². The molecule has 0 fully saturated rings. The largest absolute Gasteiger partial charge is 0.462 e. The number of nitrogens with one attached hydrogen (secondary N) is 1. The molecule has 1 aromatic rings. The quantitative estimate of drug-likeness (QED) is 0.301. The van der Waals surface area contributed by atoms with Crippen LogP contribution in [0.3, 0.4) is 0 Å². The van der Waals surface area contributed by atoms with Gasteiger partial charge in [0.15, 0.2) is 10.7 Å². The van der Waals surface area contributed by atoms with Gasteiger partial charge in [-0.1, -0.05) is 11.6 Å². The Morgan fingerprint density at radius 1 is 1.59 bits per heavy atom. The fourth-order valence-electron chi connectivity index (χ4n) is 1.75. The number of nitriles is 1. The highest BCUT2D eigenvalue weighted by Gasteiger charge is 2.25. The lowest BCUT2D eigenvalue weighted by Gasteiger charge is -2.18. The summed E-state index contributed by atoms with van der Waals surface area (Å²) in [5.74, 6) is -0.828. The lowest BCUT2D eigenvalue weighted by Crippen LogP contribution is -2.18. The molecule has 112 valence electrons. The number of hydrogen-bond acceptors (Lipinski definition) is 7. The summed E-state index contributed by atoms with van der Waals surface area (Å²) in [4.78, 5) is 25.9. The Morgan fingerprint density at radius 3 is 2.91 bits per heavy atom. The van der Waals surface area contributed by atoms with Gasteiger partial charge in [-0.25, -0.2) is 9.79 Å². The molecule has 8 nitrogen and oxygen atoms in total. The number of ether oxygens (including phenoxy) is 1. The number of fused-ring (bicyclic) bond motifs is 1. The molecule has 0 atom stereocenters. The Labute approximate surface area is 129 Å². The molecule has 0 radical (unpaired) electrons. The summed E-state index contributed by atoms with van der Waals surface area (Å²) in [6.45, 7) is 1.71. The van der Waals surface area contributed by atoms with Crippen LogP contribution in [0.15, 0.2) is 34.5 Å². The first-order chi connectivity index (χ1) is 10.5. The zero-order chi connectivity index (χ0) is 16.3. The first-order valence-electron chi connectivity index (χ1n) is 6.09. The number of hydrogen-bond donors (Lipinski definition) is 1. The number of non-ortho nitro benzene ring substituents is 1. The smallest absolute Gasteiger partial charge is 0.351 e. The molecular weight excluding hydrogens is 312 g/mol. The third kappa shape index (κ3) is 2.89. The molecule has 0 aromatic heterocycles. The maximum absolute atomic E-state index is 11.7. The molecule has 0 bridgehead atoms. The Hall–Kier alpha value is -2.92. The minimum atomic E-state index is -0.828. The van der Waals surface area contributed by atoms with Crippen LogP contribution in [0.5, 0.6) is 0 Å². The number of nitro benzene ring substituents is 1. The van der Waals surface area contributed by atoms with Crippen LogP contribution in [0, 0.1) is 21.4 Å². The summed E-state index contributed by atoms with van der Waals surface area (Å²) in [5.41, 5.74) is 0.168. The van der Waals surface area contributed by atoms with E-state index in [0.29, 0.717) is 5.69 Å². The van der Waals surface area contributed by atoms with E-state index in [9.17, 15) is 14.9 Å². The highest BCUT2D eigenvalue weighted by Crippen LogP contribution is 2.35. The molecule has 1 heterocycles. The second-order valence-corrected chi connectivity index (χ2v) is 4.43. The number of carbonyl (C=O) groups is 1. The molecule has 1 aliphatic heterocycles. The molecule has 9 heteroatoms. The van der Waals surface area contributed by atoms with Crippen molar-refractivity contribution in [1.82, 2.24) is 0 Å². The average Bonchev–Trinajstić information content (AvgIpc) is 2.48. The molecule has 1 aromatic carbocycles. The predicted molar refractivity (Wildman–Crippen MR) is 78.9 cm³/mol. The van der Waals surface area contributed by atoms with Crippen LogP contribution < -0.4 is 5.32 Å². The summed E-state index contributed by atoms with van der Waals surface area (Å²) in [6.07, 6.45) is 0. The molecule has 1 aliphatic rings. The van der Waals surface area contributed by atoms with Gasteiger partial charge in [-0.2, -0.15) is 5.26 Å². The number of nitro groups is 1. The third-order valence-electron chi connectivity index (χ3n) is 2.72. The van der Waals surface area contributed by atoms with Crippen molar-refractivity contribution in [2.45, 2.75) is 6.92 Å². The van der Waals surface area contributed by atoms with Gasteiger partial charge in [-0.3, -0.25) is 10.1 Å². The molecule has 0 unspecified atom stereocenters. The molecule has 0 saturated carbocycles. The molecule has 22 heavy (non-hydrogen) atoms. The standard InChI is InChI=1S/C13H9ClN4O4/c1-2-22-13(19)8(6-15)11-12(14)17-10-5-7(18(20)21)3-4-9(10)16-11/h3-5,16H,2H2,1H3/b11-8-. The van der Waals surface area contributed by atoms with Crippen molar-refractivity contribution < 1.29 is 14.5 Å². The fourth-order valence-corrected chi connectivity index (χ4v) is 1.99. The van der Waals surface area contributed by atoms with Crippen molar-refractivity contribution in [3.63, 3.8) is 0 Å². The normalized spacial score (nSPS) is 14.9. The highest BCUT2D eigenvalue weighted by molar-refractivity contribution is 6.70. The summed E-state index contributed by atoms with van der Waals surface area (Å²) in [7, 11) is 0. The van der Waals surface area contributed by atoms with E-state index in [1.807, 2.05) is 0 Å². The van der Waals surface area contributed by atoms with Crippen molar-refractivity contribution in [2.24, 2.45) is 4.99 Å². The van der Waals surface area contributed by atoms with Gasteiger partial charge in [0.25, 0.3) is 5.69 Å². The predicted octanol–water partition coefficient (Wildman–Crippen LogP) is 2.63. The van der Waals surface area contributed by atoms with Gasteiger partial charge < -0.3 is 10.1 Å². The molecular formula is C13H9ClN4O4. The zero-order valence-corrected chi connectivity index (χ0v) is 12.0. The van der Waals surface area contributed by atoms with Gasteiger partial charge in [0, 0.05) is 12.1 Å². The number of anilines is 1. The Balaban J connectivity index is 2.49. The maximum atomic E-state index is 11.7. The summed E-state index contributed by atoms with van der Waals surface area (Å²) in [5, 5.41) is 22.5. The van der Waals surface area contributed by atoms with Crippen LogP contribution in [0.25, 0.3) is 0 Å². The van der Waals surface area contributed by atoms with Crippen LogP contribution in [-0.2, 0) is 9.53 Å². The highest BCUT2D eigenvalue weighted by atomic mass is 35.5. The van der Waals surface area contributed by atoms with E-state index in [2.05, 4.69) is 10.3 Å². The molecule has 0 amide bonds. The molecule has 0 saturated heterocycles. The van der Waals surface area contributed by atoms with Crippen LogP contribution in [0.1, 0.15) is 6.92 Å². The number of esters is 1. The zero-order valence-electron chi connectivity index (χ0n) is 11.3. The fraction of sp³-hybridized carbons (Fsp3) is 0.154. The molecule has 2 rings (SSSR count). The number of allylic oxidation sites excluding steroid dienone is 1. The van der Waals surface area contributed by atoms with Crippen molar-refractivity contribution in [1.29, 1.82) is 5.26 Å². The Kier molecular flexibility index (Phi) is 4.39. The van der Waals surface area contributed by atoms with Crippen LogP contribution in [0.2, 0.25) is 0 Å². The number of halogens is 1. The van der Waals surface area contributed by atoms with Crippen LogP contribution in [-0.4, -0.2) is 22.7 Å². The number of rotatable bonds is 3. The molecule has 0 aliphatic carbocycles. The van der Waals surface area contributed by atoms with Gasteiger partial charge in [-0.15, -0.1) is 0 Å². The monoisotopic (exact) mass is 320 g/mol. The Bertz CT molecular complexity index is 764. The number of carbonyl (C=O) groups excluding carboxylic acids is 1. The molecule has 1 N–H and O–H groups in total. The minimum Gasteiger partial charge on any atom is -0.462 e. The third-order valence-corrected chi connectivity index (χ3v) is 2.99. The van der Waals surface area contributed by atoms with Crippen LogP contribution in [0.4, 0.5) is 17.1 Å². The minimum absolute atomic E-state index is 0.00368. The number of nitrogens with zero attached hydrogens (tertiary/aromatic N) is 3. The van der Waals surface area contributed by atoms with Crippen molar-refractivity contribution in [2.75, 3.05) is 11.9 Å².